The SMILES string of the molecule is COc1ccc(-c2csc(NC(=O)C3CCCN3C(=O)OCC(C)C)n2)cc1F. The van der Waals surface area contributed by atoms with Gasteiger partial charge in [0.2, 0.25) is 5.91 Å². The zero-order valence-corrected chi connectivity index (χ0v) is 17.4. The molecule has 1 saturated heterocycles. The lowest BCUT2D eigenvalue weighted by Gasteiger charge is -2.23. The molecule has 156 valence electrons. The summed E-state index contributed by atoms with van der Waals surface area (Å²) in [6, 6.07) is 3.98. The summed E-state index contributed by atoms with van der Waals surface area (Å²) >= 11 is 1.24. The summed E-state index contributed by atoms with van der Waals surface area (Å²) in [5.41, 5.74) is 1.13. The molecule has 2 amide bonds. The van der Waals surface area contributed by atoms with Gasteiger partial charge in [-0.3, -0.25) is 9.69 Å². The average Bonchev–Trinajstić information content (AvgIpc) is 3.35. The van der Waals surface area contributed by atoms with Crippen LogP contribution in [0.15, 0.2) is 23.6 Å². The number of thiazole rings is 1. The van der Waals surface area contributed by atoms with Gasteiger partial charge in [0, 0.05) is 17.5 Å². The van der Waals surface area contributed by atoms with Crippen LogP contribution < -0.4 is 10.1 Å². The van der Waals surface area contributed by atoms with E-state index in [0.717, 1.165) is 6.42 Å². The zero-order valence-electron chi connectivity index (χ0n) is 16.6. The largest absolute Gasteiger partial charge is 0.494 e. The van der Waals surface area contributed by atoms with E-state index >= 15 is 0 Å². The van der Waals surface area contributed by atoms with Gasteiger partial charge in [0.1, 0.15) is 6.04 Å². The Labute approximate surface area is 172 Å². The van der Waals surface area contributed by atoms with E-state index in [1.165, 1.54) is 35.5 Å². The zero-order chi connectivity index (χ0) is 21.0. The normalized spacial score (nSPS) is 16.2. The lowest BCUT2D eigenvalue weighted by molar-refractivity contribution is -0.120. The number of aromatic nitrogens is 1. The lowest BCUT2D eigenvalue weighted by Crippen LogP contribution is -2.43. The molecule has 1 aromatic carbocycles. The third kappa shape index (κ3) is 5.03. The Balaban J connectivity index is 1.65. The number of hydrogen-bond donors (Lipinski definition) is 1. The first-order valence-electron chi connectivity index (χ1n) is 9.42. The van der Waals surface area contributed by atoms with Crippen LogP contribution in [0.4, 0.5) is 14.3 Å². The van der Waals surface area contributed by atoms with Crippen molar-refractivity contribution >= 4 is 28.5 Å². The number of benzene rings is 1. The number of anilines is 1. The molecule has 1 unspecified atom stereocenters. The number of nitrogens with zero attached hydrogens (tertiary/aromatic N) is 2. The minimum absolute atomic E-state index is 0.156. The molecular weight excluding hydrogens is 397 g/mol. The second kappa shape index (κ2) is 9.21. The van der Waals surface area contributed by atoms with Crippen molar-refractivity contribution in [3.05, 3.63) is 29.4 Å². The first-order chi connectivity index (χ1) is 13.9. The van der Waals surface area contributed by atoms with E-state index in [-0.39, 0.29) is 17.6 Å². The van der Waals surface area contributed by atoms with Crippen molar-refractivity contribution in [1.29, 1.82) is 0 Å². The first-order valence-corrected chi connectivity index (χ1v) is 10.3. The summed E-state index contributed by atoms with van der Waals surface area (Å²) in [6.45, 7) is 4.72. The standard InChI is InChI=1S/C20H24FN3O4S/c1-12(2)10-28-20(26)24-8-4-5-16(24)18(25)23-19-22-15(11-29-19)13-6-7-17(27-3)14(21)9-13/h6-7,9,11-12,16H,4-5,8,10H2,1-3H3,(H,22,23,25). The molecule has 9 heteroatoms. The quantitative estimate of drug-likeness (QED) is 0.758. The highest BCUT2D eigenvalue weighted by atomic mass is 32.1. The lowest BCUT2D eigenvalue weighted by atomic mass is 10.1. The fourth-order valence-electron chi connectivity index (χ4n) is 3.06. The van der Waals surface area contributed by atoms with Crippen LogP contribution in [0, 0.1) is 11.7 Å². The van der Waals surface area contributed by atoms with Gasteiger partial charge < -0.3 is 14.8 Å². The summed E-state index contributed by atoms with van der Waals surface area (Å²) in [5.74, 6) is -0.399. The molecular formula is C20H24FN3O4S. The van der Waals surface area contributed by atoms with E-state index in [9.17, 15) is 14.0 Å². The molecule has 2 aromatic rings. The number of amides is 2. The minimum Gasteiger partial charge on any atom is -0.494 e. The van der Waals surface area contributed by atoms with Gasteiger partial charge >= 0.3 is 6.09 Å². The number of likely N-dealkylation sites (tertiary alicyclic amines) is 1. The van der Waals surface area contributed by atoms with Gasteiger partial charge in [-0.2, -0.15) is 0 Å². The van der Waals surface area contributed by atoms with E-state index in [1.807, 2.05) is 13.8 Å². The number of carbonyl (C=O) groups is 2. The van der Waals surface area contributed by atoms with Crippen molar-refractivity contribution in [2.75, 3.05) is 25.6 Å². The Kier molecular flexibility index (Phi) is 6.68. The highest BCUT2D eigenvalue weighted by molar-refractivity contribution is 7.14. The van der Waals surface area contributed by atoms with Gasteiger partial charge in [0.15, 0.2) is 16.7 Å². The van der Waals surface area contributed by atoms with E-state index in [4.69, 9.17) is 9.47 Å². The first kappa shape index (κ1) is 21.0. The van der Waals surface area contributed by atoms with Crippen molar-refractivity contribution in [1.82, 2.24) is 9.88 Å². The molecule has 2 heterocycles. The number of halogens is 1. The summed E-state index contributed by atoms with van der Waals surface area (Å²) in [7, 11) is 1.40. The average molecular weight is 421 g/mol. The molecule has 1 aromatic heterocycles. The van der Waals surface area contributed by atoms with Gasteiger partial charge in [0.25, 0.3) is 0 Å². The number of ether oxygens (including phenoxy) is 2. The highest BCUT2D eigenvalue weighted by Crippen LogP contribution is 2.29. The van der Waals surface area contributed by atoms with Crippen LogP contribution in [-0.2, 0) is 9.53 Å². The number of nitrogens with one attached hydrogen (secondary N) is 1. The summed E-state index contributed by atoms with van der Waals surface area (Å²) in [6.07, 6.45) is 0.845. The number of rotatable bonds is 6. The predicted octanol–water partition coefficient (Wildman–Crippen LogP) is 4.15. The molecule has 7 nitrogen and oxygen atoms in total. The van der Waals surface area contributed by atoms with Gasteiger partial charge in [-0.25, -0.2) is 14.2 Å². The van der Waals surface area contributed by atoms with Crippen molar-refractivity contribution in [3.63, 3.8) is 0 Å². The number of methoxy groups -OCH3 is 1. The van der Waals surface area contributed by atoms with Crippen LogP contribution in [0.5, 0.6) is 5.75 Å². The van der Waals surface area contributed by atoms with Crippen molar-refractivity contribution in [3.8, 4) is 17.0 Å². The predicted molar refractivity (Wildman–Crippen MR) is 109 cm³/mol. The minimum atomic E-state index is -0.583. The Bertz CT molecular complexity index is 886. The van der Waals surface area contributed by atoms with Crippen molar-refractivity contribution in [2.45, 2.75) is 32.7 Å². The van der Waals surface area contributed by atoms with Gasteiger partial charge in [-0.1, -0.05) is 13.8 Å². The molecule has 0 aliphatic carbocycles. The van der Waals surface area contributed by atoms with Crippen LogP contribution in [0.25, 0.3) is 11.3 Å². The molecule has 1 N–H and O–H groups in total. The second-order valence-electron chi connectivity index (χ2n) is 7.20. The van der Waals surface area contributed by atoms with Crippen LogP contribution in [0.2, 0.25) is 0 Å². The molecule has 1 fully saturated rings. The Morgan fingerprint density at radius 2 is 2.21 bits per heavy atom. The molecule has 3 rings (SSSR count). The Morgan fingerprint density at radius 3 is 2.90 bits per heavy atom. The van der Waals surface area contributed by atoms with Crippen LogP contribution >= 0.6 is 11.3 Å². The molecule has 0 bridgehead atoms. The number of hydrogen-bond acceptors (Lipinski definition) is 6. The molecule has 0 radical (unpaired) electrons. The fourth-order valence-corrected chi connectivity index (χ4v) is 3.78. The monoisotopic (exact) mass is 421 g/mol. The van der Waals surface area contributed by atoms with Crippen molar-refractivity contribution < 1.29 is 23.5 Å². The second-order valence-corrected chi connectivity index (χ2v) is 8.06. The maximum absolute atomic E-state index is 13.9. The topological polar surface area (TPSA) is 80.8 Å². The van der Waals surface area contributed by atoms with Crippen molar-refractivity contribution in [2.24, 2.45) is 5.92 Å². The van der Waals surface area contributed by atoms with Crippen LogP contribution in [0.3, 0.4) is 0 Å². The maximum Gasteiger partial charge on any atom is 0.410 e. The van der Waals surface area contributed by atoms with Crippen LogP contribution in [-0.4, -0.2) is 48.2 Å². The Hall–Kier alpha value is -2.68. The molecule has 1 aliphatic rings. The molecule has 1 aliphatic heterocycles. The van der Waals surface area contributed by atoms with E-state index < -0.39 is 18.0 Å². The number of carbonyl (C=O) groups excluding carboxylic acids is 2. The van der Waals surface area contributed by atoms with Crippen LogP contribution in [0.1, 0.15) is 26.7 Å². The summed E-state index contributed by atoms with van der Waals surface area (Å²) in [4.78, 5) is 30.8. The third-order valence-corrected chi connectivity index (χ3v) is 5.27. The molecule has 1 atom stereocenters. The van der Waals surface area contributed by atoms with E-state index in [0.29, 0.717) is 36.0 Å². The Morgan fingerprint density at radius 1 is 1.41 bits per heavy atom. The van der Waals surface area contributed by atoms with Gasteiger partial charge in [-0.15, -0.1) is 11.3 Å². The highest BCUT2D eigenvalue weighted by Gasteiger charge is 2.35. The molecule has 29 heavy (non-hydrogen) atoms. The molecule has 0 saturated carbocycles. The van der Waals surface area contributed by atoms with Gasteiger partial charge in [-0.05, 0) is 37.0 Å². The maximum atomic E-state index is 13.9. The third-order valence-electron chi connectivity index (χ3n) is 4.51. The smallest absolute Gasteiger partial charge is 0.410 e. The van der Waals surface area contributed by atoms with E-state index in [1.54, 1.807) is 11.4 Å². The molecule has 0 spiro atoms. The summed E-state index contributed by atoms with van der Waals surface area (Å²) < 4.78 is 24.1. The summed E-state index contributed by atoms with van der Waals surface area (Å²) in [5, 5.41) is 4.89. The fraction of sp³-hybridized carbons (Fsp3) is 0.450. The van der Waals surface area contributed by atoms with E-state index in [2.05, 4.69) is 10.3 Å². The van der Waals surface area contributed by atoms with Gasteiger partial charge in [0.05, 0.1) is 19.4 Å².